The molecular weight excluding hydrogens is 922 g/mol. The first-order valence-corrected chi connectivity index (χ1v) is 25.0. The van der Waals surface area contributed by atoms with E-state index in [2.05, 4.69) is 249 Å². The third-order valence-corrected chi connectivity index (χ3v) is 20.9. The largest absolute Gasteiger partial charge is 1.00 e. The molecule has 7 aromatic rings. The topological polar surface area (TPSA) is 17.1 Å². The van der Waals surface area contributed by atoms with Crippen LogP contribution in [0.3, 0.4) is 0 Å². The zero-order chi connectivity index (χ0) is 40.9. The van der Waals surface area contributed by atoms with Crippen LogP contribution in [-0.4, -0.2) is 23.8 Å². The van der Waals surface area contributed by atoms with Gasteiger partial charge in [-0.3, -0.25) is 4.79 Å². The first-order valence-electron chi connectivity index (χ1n) is 21.0. The fraction of sp³-hybridized carbons (Fsp3) is 0.105. The van der Waals surface area contributed by atoms with Crippen molar-refractivity contribution < 1.29 is 38.8 Å². The number of hydrogen-bond acceptors (Lipinski definition) is 1. The van der Waals surface area contributed by atoms with Gasteiger partial charge in [0, 0.05) is 19.3 Å². The Hall–Kier alpha value is -5.01. The van der Waals surface area contributed by atoms with E-state index in [9.17, 15) is 0 Å². The van der Waals surface area contributed by atoms with E-state index in [1.54, 1.807) is 0 Å². The highest BCUT2D eigenvalue weighted by atomic mass is 79.9. The molecule has 0 fully saturated rings. The zero-order valence-corrected chi connectivity index (χ0v) is 39.8. The Labute approximate surface area is 391 Å². The van der Waals surface area contributed by atoms with Crippen molar-refractivity contribution in [2.45, 2.75) is 24.9 Å². The number of carbonyl (C=O) groups excluding carboxylic acids is 1. The molecule has 0 aromatic heterocycles. The van der Waals surface area contributed by atoms with Gasteiger partial charge in [0.2, 0.25) is 0 Å². The van der Waals surface area contributed by atoms with Crippen LogP contribution in [0.4, 0.5) is 0 Å². The molecule has 1 atom stereocenters. The number of rotatable bonds is 16. The second-order valence-electron chi connectivity index (χ2n) is 15.6. The molecule has 7 aromatic carbocycles. The fourth-order valence-corrected chi connectivity index (χ4v) is 18.0. The van der Waals surface area contributed by atoms with Crippen LogP contribution in [0.1, 0.15) is 30.4 Å². The maximum absolute atomic E-state index is 15.2. The number of carbonyl (C=O) groups is 1. The molecule has 1 aliphatic rings. The smallest absolute Gasteiger partial charge is 0.141 e. The quantitative estimate of drug-likeness (QED) is 0.108. The Balaban J connectivity index is 0.00000321. The maximum atomic E-state index is 15.2. The van der Waals surface area contributed by atoms with E-state index in [4.69, 9.17) is 0 Å². The highest BCUT2D eigenvalue weighted by molar-refractivity contribution is 7.95. The number of Topliss-reactive ketones (excluding diaryl/α,β-unsaturated/α-hetero) is 1. The summed E-state index contributed by atoms with van der Waals surface area (Å²) in [5, 5.41) is 6.69. The number of hydrogen-bond donors (Lipinski definition) is 0. The van der Waals surface area contributed by atoms with Gasteiger partial charge in [-0.25, -0.2) is 0 Å². The van der Waals surface area contributed by atoms with E-state index >= 15 is 4.79 Å². The predicted molar refractivity (Wildman–Crippen MR) is 264 cm³/mol. The molecule has 0 amide bonds. The minimum Gasteiger partial charge on any atom is -1.00 e. The fourth-order valence-electron chi connectivity index (χ4n) is 8.95. The molecule has 8 rings (SSSR count). The Kier molecular flexibility index (Phi) is 17.2. The molecule has 0 N–H and O–H groups in total. The van der Waals surface area contributed by atoms with E-state index < -0.39 is 14.5 Å². The van der Waals surface area contributed by atoms with Crippen LogP contribution >= 0.6 is 14.5 Å². The van der Waals surface area contributed by atoms with Gasteiger partial charge >= 0.3 is 0 Å². The van der Waals surface area contributed by atoms with Gasteiger partial charge in [-0.2, -0.15) is 0 Å². The van der Waals surface area contributed by atoms with E-state index in [1.165, 1.54) is 32.1 Å². The molecule has 0 bridgehead atoms. The molecule has 1 nitrogen and oxygen atoms in total. The normalized spacial score (nSPS) is 14.0. The van der Waals surface area contributed by atoms with Gasteiger partial charge < -0.3 is 34.0 Å². The first kappa shape index (κ1) is 46.5. The lowest BCUT2D eigenvalue weighted by molar-refractivity contribution is -0.117. The van der Waals surface area contributed by atoms with Crippen molar-refractivity contribution in [2.24, 2.45) is 0 Å². The Morgan fingerprint density at radius 3 is 1.13 bits per heavy atom. The van der Waals surface area contributed by atoms with Crippen LogP contribution < -0.4 is 60.5 Å². The van der Waals surface area contributed by atoms with Crippen molar-refractivity contribution in [2.75, 3.05) is 12.3 Å². The van der Waals surface area contributed by atoms with Gasteiger partial charge in [-0.15, -0.1) is 0 Å². The molecule has 0 saturated carbocycles. The summed E-state index contributed by atoms with van der Waals surface area (Å²) in [6, 6.07) is 76.5. The average Bonchev–Trinajstić information content (AvgIpc) is 3.32. The average molecular weight is 975 g/mol. The molecule has 0 saturated heterocycles. The molecule has 0 spiro atoms. The minimum absolute atomic E-state index is 0. The molecular formula is C57H52Br2OP2. The van der Waals surface area contributed by atoms with Crippen LogP contribution in [0, 0.1) is 0 Å². The van der Waals surface area contributed by atoms with E-state index in [0.717, 1.165) is 35.4 Å². The van der Waals surface area contributed by atoms with Crippen LogP contribution in [0.25, 0.3) is 12.2 Å². The third kappa shape index (κ3) is 10.9. The minimum atomic E-state index is -2.27. The first-order chi connectivity index (χ1) is 29.6. The standard InChI is InChI=1S/C57H52OP2.2BrH/c58-51(43-49(41-47-25-9-1-10-26-47)45-59(52-29-13-3-14-30-52,53-31-15-4-16-32-53)54-33-17-5-18-34-54)44-50(42-48-27-11-2-12-28-48)46-60(55-35-19-6-20-36-55,56-37-21-7-22-38-56)57-39-23-8-24-40-57;;/h1-39,41-42,57H,40,43-46H2;2*1H/q+2;;/p-2. The van der Waals surface area contributed by atoms with Crippen LogP contribution in [-0.2, 0) is 4.79 Å². The summed E-state index contributed by atoms with van der Waals surface area (Å²) in [7, 11) is -4.40. The van der Waals surface area contributed by atoms with Gasteiger partial charge in [0.15, 0.2) is 0 Å². The Bertz CT molecular complexity index is 2420. The van der Waals surface area contributed by atoms with Gasteiger partial charge in [0.05, 0.1) is 19.6 Å². The van der Waals surface area contributed by atoms with Gasteiger partial charge in [-0.05, 0) is 89.0 Å². The van der Waals surface area contributed by atoms with Crippen molar-refractivity contribution >= 4 is 59.0 Å². The zero-order valence-electron chi connectivity index (χ0n) is 34.8. The van der Waals surface area contributed by atoms with Crippen LogP contribution in [0.15, 0.2) is 248 Å². The van der Waals surface area contributed by atoms with Crippen molar-refractivity contribution in [3.63, 3.8) is 0 Å². The van der Waals surface area contributed by atoms with E-state index in [1.807, 2.05) is 0 Å². The SMILES string of the molecule is O=C(CC(=Cc1ccccc1)C[P+](c1ccccc1)(c1ccccc1)c1ccccc1)CC(=Cc1ccccc1)C[P+](c1ccccc1)(c1ccccc1)C1C=CC=CC1.[Br-].[Br-]. The molecule has 0 radical (unpaired) electrons. The van der Waals surface area contributed by atoms with Crippen molar-refractivity contribution in [3.05, 3.63) is 259 Å². The van der Waals surface area contributed by atoms with E-state index in [-0.39, 0.29) is 39.7 Å². The van der Waals surface area contributed by atoms with Crippen molar-refractivity contribution in [3.8, 4) is 0 Å². The summed E-state index contributed by atoms with van der Waals surface area (Å²) in [5.74, 6) is 0.241. The second-order valence-corrected chi connectivity index (χ2v) is 22.8. The summed E-state index contributed by atoms with van der Waals surface area (Å²) in [6.07, 6.45) is 17.0. The molecule has 62 heavy (non-hydrogen) atoms. The van der Waals surface area contributed by atoms with Crippen LogP contribution in [0.2, 0.25) is 0 Å². The molecule has 0 heterocycles. The molecule has 1 unspecified atom stereocenters. The van der Waals surface area contributed by atoms with Gasteiger partial charge in [0.25, 0.3) is 0 Å². The third-order valence-electron chi connectivity index (χ3n) is 11.6. The monoisotopic (exact) mass is 972 g/mol. The van der Waals surface area contributed by atoms with E-state index in [0.29, 0.717) is 18.5 Å². The maximum Gasteiger partial charge on any atom is 0.141 e. The summed E-state index contributed by atoms with van der Waals surface area (Å²) in [5.41, 5.74) is 4.89. The van der Waals surface area contributed by atoms with Crippen LogP contribution in [0.5, 0.6) is 0 Å². The van der Waals surface area contributed by atoms with Gasteiger partial charge in [0.1, 0.15) is 45.2 Å². The number of halogens is 2. The molecule has 1 aliphatic carbocycles. The summed E-state index contributed by atoms with van der Waals surface area (Å²) >= 11 is 0. The lowest BCUT2D eigenvalue weighted by Crippen LogP contribution is -3.00. The number of benzene rings is 7. The lowest BCUT2D eigenvalue weighted by atomic mass is 10.0. The summed E-state index contributed by atoms with van der Waals surface area (Å²) in [6.45, 7) is 0. The Morgan fingerprint density at radius 2 is 0.774 bits per heavy atom. The summed E-state index contributed by atoms with van der Waals surface area (Å²) in [4.78, 5) is 15.2. The highest BCUT2D eigenvalue weighted by Gasteiger charge is 2.50. The number of ketones is 1. The second kappa shape index (κ2) is 22.9. The molecule has 310 valence electrons. The Morgan fingerprint density at radius 1 is 0.435 bits per heavy atom. The highest BCUT2D eigenvalue weighted by Crippen LogP contribution is 2.64. The van der Waals surface area contributed by atoms with Crippen molar-refractivity contribution in [1.29, 1.82) is 0 Å². The van der Waals surface area contributed by atoms with Gasteiger partial charge in [-0.1, -0.05) is 182 Å². The molecule has 0 aliphatic heterocycles. The summed E-state index contributed by atoms with van der Waals surface area (Å²) < 4.78 is 0. The predicted octanol–water partition coefficient (Wildman–Crippen LogP) is 6.06. The van der Waals surface area contributed by atoms with Crippen molar-refractivity contribution in [1.82, 2.24) is 0 Å². The molecule has 5 heteroatoms. The lowest BCUT2D eigenvalue weighted by Gasteiger charge is -2.34. The number of allylic oxidation sites excluding steroid dienone is 6.